The average Bonchev–Trinajstić information content (AvgIpc) is 2.68. The molecule has 1 N–H and O–H groups in total. The van der Waals surface area contributed by atoms with Crippen LogP contribution in [0.1, 0.15) is 18.1 Å². The van der Waals surface area contributed by atoms with Crippen molar-refractivity contribution < 1.29 is 9.53 Å². The van der Waals surface area contributed by atoms with E-state index in [-0.39, 0.29) is 11.2 Å². The topological polar surface area (TPSA) is 50.7 Å². The summed E-state index contributed by atoms with van der Waals surface area (Å²) >= 11 is 7.01. The lowest BCUT2D eigenvalue weighted by molar-refractivity contribution is -0.120. The van der Waals surface area contributed by atoms with Crippen LogP contribution in [-0.4, -0.2) is 24.0 Å². The van der Waals surface area contributed by atoms with Gasteiger partial charge < -0.3 is 4.74 Å². The van der Waals surface area contributed by atoms with Crippen LogP contribution in [0, 0.1) is 0 Å². The second-order valence-electron chi connectivity index (χ2n) is 5.41. The number of carbonyl (C=O) groups excluding carboxylic acids is 1. The van der Waals surface area contributed by atoms with E-state index in [4.69, 9.17) is 16.3 Å². The Morgan fingerprint density at radius 1 is 1.23 bits per heavy atom. The smallest absolute Gasteiger partial charge is 0.252 e. The number of carbonyl (C=O) groups is 1. The molecule has 4 nitrogen and oxygen atoms in total. The van der Waals surface area contributed by atoms with Gasteiger partial charge in [-0.1, -0.05) is 41.9 Å². The van der Waals surface area contributed by atoms with Crippen molar-refractivity contribution in [2.45, 2.75) is 17.9 Å². The lowest BCUT2D eigenvalue weighted by Gasteiger charge is -2.09. The largest absolute Gasteiger partial charge is 0.490 e. The molecule has 0 heterocycles. The molecule has 0 spiro atoms. The summed E-state index contributed by atoms with van der Waals surface area (Å²) < 4.78 is 5.45. The van der Waals surface area contributed by atoms with Gasteiger partial charge in [0.05, 0.1) is 11.5 Å². The molecule has 1 amide bonds. The van der Waals surface area contributed by atoms with Crippen molar-refractivity contribution in [3.63, 3.8) is 0 Å². The highest BCUT2D eigenvalue weighted by Gasteiger charge is 2.12. The normalized spacial score (nSPS) is 12.4. The van der Waals surface area contributed by atoms with Crippen LogP contribution in [0.2, 0.25) is 0 Å². The van der Waals surface area contributed by atoms with Crippen molar-refractivity contribution in [1.82, 2.24) is 5.43 Å². The van der Waals surface area contributed by atoms with E-state index in [2.05, 4.69) is 22.7 Å². The fourth-order valence-corrected chi connectivity index (χ4v) is 2.88. The fraction of sp³-hybridized carbons (Fsp3) is 0.200. The second kappa shape index (κ2) is 11.4. The van der Waals surface area contributed by atoms with Gasteiger partial charge in [-0.2, -0.15) is 5.10 Å². The van der Waals surface area contributed by atoms with Crippen LogP contribution in [0.25, 0.3) is 0 Å². The third kappa shape index (κ3) is 7.33. The molecule has 0 aliphatic carbocycles. The Hall–Kier alpha value is -2.24. The number of nitrogens with one attached hydrogen (secondary N) is 1. The lowest BCUT2D eigenvalue weighted by atomic mass is 10.2. The van der Waals surface area contributed by atoms with E-state index in [1.807, 2.05) is 49.4 Å². The summed E-state index contributed by atoms with van der Waals surface area (Å²) in [4.78, 5) is 12.1. The molecule has 26 heavy (non-hydrogen) atoms. The molecule has 0 aliphatic heterocycles. The van der Waals surface area contributed by atoms with Gasteiger partial charge >= 0.3 is 0 Å². The Kier molecular flexibility index (Phi) is 8.79. The third-order valence-corrected chi connectivity index (χ3v) is 4.81. The van der Waals surface area contributed by atoms with E-state index in [1.165, 1.54) is 11.1 Å². The minimum Gasteiger partial charge on any atom is -0.490 e. The number of benzene rings is 2. The highest BCUT2D eigenvalue weighted by Crippen LogP contribution is 2.17. The Balaban J connectivity index is 1.75. The maximum absolute atomic E-state index is 12.1. The molecular formula is C20H21ClN2O2S. The number of amides is 1. The predicted octanol–water partition coefficient (Wildman–Crippen LogP) is 4.59. The predicted molar refractivity (Wildman–Crippen MR) is 110 cm³/mol. The number of ether oxygens (including phenoxy) is 1. The number of hydrazone groups is 1. The summed E-state index contributed by atoms with van der Waals surface area (Å²) in [6, 6.07) is 17.5. The molecule has 0 fully saturated rings. The van der Waals surface area contributed by atoms with Crippen LogP contribution in [-0.2, 0) is 10.5 Å². The molecule has 0 radical (unpaired) electrons. The maximum atomic E-state index is 12.1. The summed E-state index contributed by atoms with van der Waals surface area (Å²) in [7, 11) is 0. The molecule has 2 aromatic carbocycles. The number of halogens is 1. The Morgan fingerprint density at radius 3 is 2.65 bits per heavy atom. The first-order chi connectivity index (χ1) is 12.7. The zero-order chi connectivity index (χ0) is 18.6. The van der Waals surface area contributed by atoms with Crippen molar-refractivity contribution in [2.75, 3.05) is 6.61 Å². The highest BCUT2D eigenvalue weighted by atomic mass is 35.5. The zero-order valence-corrected chi connectivity index (χ0v) is 16.0. The Labute approximate surface area is 163 Å². The van der Waals surface area contributed by atoms with Crippen molar-refractivity contribution >= 4 is 35.5 Å². The highest BCUT2D eigenvalue weighted by molar-refractivity contribution is 7.99. The molecule has 0 aromatic heterocycles. The Morgan fingerprint density at radius 2 is 1.96 bits per heavy atom. The lowest BCUT2D eigenvalue weighted by Crippen LogP contribution is -2.26. The third-order valence-electron chi connectivity index (χ3n) is 3.42. The minimum absolute atomic E-state index is 0.116. The van der Waals surface area contributed by atoms with E-state index >= 15 is 0 Å². The average molecular weight is 389 g/mol. The summed E-state index contributed by atoms with van der Waals surface area (Å²) in [5, 5.41) is 3.83. The quantitative estimate of drug-likeness (QED) is 0.505. The van der Waals surface area contributed by atoms with Gasteiger partial charge in [-0.15, -0.1) is 11.8 Å². The van der Waals surface area contributed by atoms with Gasteiger partial charge in [-0.25, -0.2) is 5.43 Å². The number of nitrogens with zero attached hydrogens (tertiary/aromatic N) is 1. The minimum atomic E-state index is -0.182. The van der Waals surface area contributed by atoms with E-state index in [0.29, 0.717) is 6.61 Å². The molecule has 0 saturated heterocycles. The fourth-order valence-electron chi connectivity index (χ4n) is 1.96. The molecular weight excluding hydrogens is 368 g/mol. The number of thioether (sulfide) groups is 1. The van der Waals surface area contributed by atoms with Crippen LogP contribution in [0.3, 0.4) is 0 Å². The van der Waals surface area contributed by atoms with E-state index in [1.54, 1.807) is 24.1 Å². The van der Waals surface area contributed by atoms with Crippen LogP contribution in [0.5, 0.6) is 5.75 Å². The van der Waals surface area contributed by atoms with Crippen LogP contribution in [0.4, 0.5) is 0 Å². The van der Waals surface area contributed by atoms with Gasteiger partial charge in [-0.3, -0.25) is 4.79 Å². The van der Waals surface area contributed by atoms with Crippen LogP contribution in [0.15, 0.2) is 71.3 Å². The van der Waals surface area contributed by atoms with Gasteiger partial charge in [0.1, 0.15) is 12.4 Å². The molecule has 6 heteroatoms. The molecule has 2 aromatic rings. The SMILES string of the molecule is CC(SCc1ccccc1)C(=O)N/N=C/c1ccc(OC/C=C/Cl)cc1. The van der Waals surface area contributed by atoms with Crippen molar-refractivity contribution in [1.29, 1.82) is 0 Å². The van der Waals surface area contributed by atoms with Crippen LogP contribution >= 0.6 is 23.4 Å². The zero-order valence-electron chi connectivity index (χ0n) is 14.5. The Bertz CT molecular complexity index is 733. The summed E-state index contributed by atoms with van der Waals surface area (Å²) in [6.45, 7) is 2.30. The van der Waals surface area contributed by atoms with Crippen molar-refractivity contribution in [2.24, 2.45) is 5.10 Å². The first-order valence-corrected chi connectivity index (χ1v) is 9.64. The molecule has 1 unspecified atom stereocenters. The summed E-state index contributed by atoms with van der Waals surface area (Å²) in [6.07, 6.45) is 3.32. The monoisotopic (exact) mass is 388 g/mol. The molecule has 2 rings (SSSR count). The van der Waals surface area contributed by atoms with Crippen molar-refractivity contribution in [3.05, 3.63) is 77.3 Å². The van der Waals surface area contributed by atoms with Crippen molar-refractivity contribution in [3.8, 4) is 5.75 Å². The number of hydrogen-bond acceptors (Lipinski definition) is 4. The standard InChI is InChI=1S/C20H21ClN2O2S/c1-16(26-15-18-6-3-2-4-7-18)20(24)23-22-14-17-8-10-19(11-9-17)25-13-5-12-21/h2-12,14,16H,13,15H2,1H3,(H,23,24)/b12-5+,22-14+. The maximum Gasteiger partial charge on any atom is 0.252 e. The van der Waals surface area contributed by atoms with Gasteiger partial charge in [0.15, 0.2) is 0 Å². The van der Waals surface area contributed by atoms with Gasteiger partial charge in [0, 0.05) is 11.3 Å². The summed E-state index contributed by atoms with van der Waals surface area (Å²) in [5.74, 6) is 1.42. The number of rotatable bonds is 9. The van der Waals surface area contributed by atoms with Crippen LogP contribution < -0.4 is 10.2 Å². The molecule has 136 valence electrons. The van der Waals surface area contributed by atoms with Gasteiger partial charge in [-0.05, 0) is 48.4 Å². The van der Waals surface area contributed by atoms with Gasteiger partial charge in [0.25, 0.3) is 5.91 Å². The first-order valence-electron chi connectivity index (χ1n) is 8.15. The molecule has 0 bridgehead atoms. The van der Waals surface area contributed by atoms with Gasteiger partial charge in [0.2, 0.25) is 0 Å². The van der Waals surface area contributed by atoms with E-state index in [9.17, 15) is 4.79 Å². The molecule has 0 saturated carbocycles. The summed E-state index contributed by atoms with van der Waals surface area (Å²) in [5.41, 5.74) is 6.07. The number of hydrogen-bond donors (Lipinski definition) is 1. The molecule has 1 atom stereocenters. The van der Waals surface area contributed by atoms with E-state index < -0.39 is 0 Å². The first kappa shape index (κ1) is 20.1. The second-order valence-corrected chi connectivity index (χ2v) is 7.00. The van der Waals surface area contributed by atoms with E-state index in [0.717, 1.165) is 17.1 Å². The molecule has 0 aliphatic rings.